The molecule has 6 heteroatoms. The Kier molecular flexibility index (Phi) is 4.11. The Morgan fingerprint density at radius 2 is 2.11 bits per heavy atom. The molecule has 0 amide bonds. The number of nitrogen functional groups attached to an aromatic ring is 1. The number of nitrogens with one attached hydrogen (secondary N) is 1. The Morgan fingerprint density at radius 3 is 2.83 bits per heavy atom. The quantitative estimate of drug-likeness (QED) is 0.508. The van der Waals surface area contributed by atoms with Gasteiger partial charge < -0.3 is 5.43 Å². The van der Waals surface area contributed by atoms with Gasteiger partial charge in [0.15, 0.2) is 0 Å². The third-order valence-electron chi connectivity index (χ3n) is 2.31. The fourth-order valence-electron chi connectivity index (χ4n) is 1.43. The molecule has 18 heavy (non-hydrogen) atoms. The second-order valence-electron chi connectivity index (χ2n) is 3.52. The van der Waals surface area contributed by atoms with Gasteiger partial charge in [-0.25, -0.2) is 19.6 Å². The first kappa shape index (κ1) is 12.8. The fourth-order valence-corrected chi connectivity index (χ4v) is 2.34. The molecule has 2 rings (SSSR count). The standard InChI is InChI=1S/C12H11F2N3S/c13-9-3-4-11(10(14)6-9)18-7-8-2-1-5-16-12(8)17-15/h1-6H,7,15H2,(H,16,17). The van der Waals surface area contributed by atoms with E-state index < -0.39 is 11.6 Å². The topological polar surface area (TPSA) is 50.9 Å². The van der Waals surface area contributed by atoms with E-state index in [9.17, 15) is 8.78 Å². The Bertz CT molecular complexity index is 549. The first-order valence-electron chi connectivity index (χ1n) is 5.19. The van der Waals surface area contributed by atoms with Crippen LogP contribution in [0.5, 0.6) is 0 Å². The zero-order valence-corrected chi connectivity index (χ0v) is 10.2. The third-order valence-corrected chi connectivity index (χ3v) is 3.40. The summed E-state index contributed by atoms with van der Waals surface area (Å²) in [5.41, 5.74) is 3.33. The van der Waals surface area contributed by atoms with Gasteiger partial charge >= 0.3 is 0 Å². The van der Waals surface area contributed by atoms with E-state index in [2.05, 4.69) is 10.4 Å². The summed E-state index contributed by atoms with van der Waals surface area (Å²) in [5.74, 6) is 5.22. The monoisotopic (exact) mass is 267 g/mol. The average Bonchev–Trinajstić information content (AvgIpc) is 2.38. The van der Waals surface area contributed by atoms with Crippen molar-refractivity contribution in [2.45, 2.75) is 10.6 Å². The van der Waals surface area contributed by atoms with E-state index in [1.807, 2.05) is 6.07 Å². The van der Waals surface area contributed by atoms with E-state index >= 15 is 0 Å². The molecular weight excluding hydrogens is 256 g/mol. The lowest BCUT2D eigenvalue weighted by molar-refractivity contribution is 0.565. The number of halogens is 2. The van der Waals surface area contributed by atoms with Crippen LogP contribution >= 0.6 is 11.8 Å². The van der Waals surface area contributed by atoms with Gasteiger partial charge in [-0.3, -0.25) is 0 Å². The summed E-state index contributed by atoms with van der Waals surface area (Å²) < 4.78 is 26.2. The van der Waals surface area contributed by atoms with Crippen LogP contribution in [0.4, 0.5) is 14.6 Å². The number of nitrogens with zero attached hydrogens (tertiary/aromatic N) is 1. The van der Waals surface area contributed by atoms with E-state index in [0.29, 0.717) is 16.5 Å². The van der Waals surface area contributed by atoms with Gasteiger partial charge in [0, 0.05) is 28.5 Å². The minimum absolute atomic E-state index is 0.392. The lowest BCUT2D eigenvalue weighted by Gasteiger charge is -2.07. The Hall–Kier alpha value is -1.66. The number of rotatable bonds is 4. The van der Waals surface area contributed by atoms with E-state index in [0.717, 1.165) is 11.6 Å². The molecule has 1 aromatic carbocycles. The molecule has 0 fully saturated rings. The van der Waals surface area contributed by atoms with Crippen LogP contribution in [0.3, 0.4) is 0 Å². The Balaban J connectivity index is 2.11. The predicted octanol–water partition coefficient (Wildman–Crippen LogP) is 2.94. The summed E-state index contributed by atoms with van der Waals surface area (Å²) in [4.78, 5) is 4.43. The number of pyridine rings is 1. The maximum atomic E-state index is 13.4. The van der Waals surface area contributed by atoms with Crippen molar-refractivity contribution in [3.05, 3.63) is 53.7 Å². The number of thioether (sulfide) groups is 1. The van der Waals surface area contributed by atoms with E-state index in [4.69, 9.17) is 5.84 Å². The summed E-state index contributed by atoms with van der Waals surface area (Å²) in [7, 11) is 0. The van der Waals surface area contributed by atoms with Crippen molar-refractivity contribution >= 4 is 17.6 Å². The molecule has 0 saturated carbocycles. The van der Waals surface area contributed by atoms with Crippen LogP contribution in [0.2, 0.25) is 0 Å². The smallest absolute Gasteiger partial charge is 0.143 e. The summed E-state index contributed by atoms with van der Waals surface area (Å²) in [5, 5.41) is 0. The van der Waals surface area contributed by atoms with Crippen molar-refractivity contribution in [3.8, 4) is 0 Å². The fraction of sp³-hybridized carbons (Fsp3) is 0.0833. The van der Waals surface area contributed by atoms with Gasteiger partial charge in [-0.1, -0.05) is 6.07 Å². The summed E-state index contributed by atoms with van der Waals surface area (Å²) >= 11 is 1.26. The van der Waals surface area contributed by atoms with Crippen LogP contribution in [0.25, 0.3) is 0 Å². The first-order valence-corrected chi connectivity index (χ1v) is 6.17. The summed E-state index contributed by atoms with van der Waals surface area (Å²) in [6.45, 7) is 0. The molecule has 0 unspecified atom stereocenters. The molecule has 3 nitrogen and oxygen atoms in total. The average molecular weight is 267 g/mol. The number of aromatic nitrogens is 1. The molecule has 0 aliphatic rings. The molecular formula is C12H11F2N3S. The van der Waals surface area contributed by atoms with Crippen LogP contribution in [0.15, 0.2) is 41.4 Å². The third kappa shape index (κ3) is 2.96. The van der Waals surface area contributed by atoms with Crippen LogP contribution < -0.4 is 11.3 Å². The summed E-state index contributed by atoms with van der Waals surface area (Å²) in [6.07, 6.45) is 1.61. The number of hydrogen-bond donors (Lipinski definition) is 2. The van der Waals surface area contributed by atoms with Gasteiger partial charge in [-0.15, -0.1) is 11.8 Å². The van der Waals surface area contributed by atoms with Crippen LogP contribution in [0.1, 0.15) is 5.56 Å². The molecule has 3 N–H and O–H groups in total. The minimum atomic E-state index is -0.581. The number of hydrazine groups is 1. The first-order chi connectivity index (χ1) is 8.70. The van der Waals surface area contributed by atoms with Gasteiger partial charge in [0.25, 0.3) is 0 Å². The van der Waals surface area contributed by atoms with Crippen molar-refractivity contribution in [1.82, 2.24) is 4.98 Å². The number of nitrogens with two attached hydrogens (primary N) is 1. The normalized spacial score (nSPS) is 10.4. The highest BCUT2D eigenvalue weighted by atomic mass is 32.2. The molecule has 0 saturated heterocycles. The summed E-state index contributed by atoms with van der Waals surface area (Å²) in [6, 6.07) is 7.14. The maximum absolute atomic E-state index is 13.4. The lowest BCUT2D eigenvalue weighted by Crippen LogP contribution is -2.10. The van der Waals surface area contributed by atoms with Gasteiger partial charge in [0.2, 0.25) is 0 Å². The van der Waals surface area contributed by atoms with Crippen molar-refractivity contribution < 1.29 is 8.78 Å². The highest BCUT2D eigenvalue weighted by molar-refractivity contribution is 7.98. The predicted molar refractivity (Wildman–Crippen MR) is 68.0 cm³/mol. The van der Waals surface area contributed by atoms with Crippen molar-refractivity contribution in [1.29, 1.82) is 0 Å². The zero-order chi connectivity index (χ0) is 13.0. The van der Waals surface area contributed by atoms with Gasteiger partial charge in [-0.2, -0.15) is 0 Å². The van der Waals surface area contributed by atoms with Crippen LogP contribution in [0, 0.1) is 11.6 Å². The highest BCUT2D eigenvalue weighted by Gasteiger charge is 2.07. The maximum Gasteiger partial charge on any atom is 0.143 e. The number of benzene rings is 1. The zero-order valence-electron chi connectivity index (χ0n) is 9.36. The van der Waals surface area contributed by atoms with Crippen LogP contribution in [-0.4, -0.2) is 4.98 Å². The van der Waals surface area contributed by atoms with Gasteiger partial charge in [0.05, 0.1) is 0 Å². The highest BCUT2D eigenvalue weighted by Crippen LogP contribution is 2.27. The Morgan fingerprint density at radius 1 is 1.28 bits per heavy atom. The second-order valence-corrected chi connectivity index (χ2v) is 4.54. The largest absolute Gasteiger partial charge is 0.308 e. The second kappa shape index (κ2) is 5.79. The molecule has 1 heterocycles. The van der Waals surface area contributed by atoms with Crippen molar-refractivity contribution in [2.24, 2.45) is 5.84 Å². The number of anilines is 1. The number of hydrogen-bond acceptors (Lipinski definition) is 4. The molecule has 0 radical (unpaired) electrons. The minimum Gasteiger partial charge on any atom is -0.308 e. The molecule has 2 aromatic rings. The lowest BCUT2D eigenvalue weighted by atomic mass is 10.3. The SMILES string of the molecule is NNc1ncccc1CSc1ccc(F)cc1F. The van der Waals surface area contributed by atoms with Gasteiger partial charge in [-0.05, 0) is 18.2 Å². The van der Waals surface area contributed by atoms with Crippen molar-refractivity contribution in [3.63, 3.8) is 0 Å². The molecule has 1 aromatic heterocycles. The van der Waals surface area contributed by atoms with E-state index in [1.54, 1.807) is 12.3 Å². The van der Waals surface area contributed by atoms with Crippen molar-refractivity contribution in [2.75, 3.05) is 5.43 Å². The molecule has 0 aliphatic carbocycles. The van der Waals surface area contributed by atoms with E-state index in [1.165, 1.54) is 23.9 Å². The molecule has 0 spiro atoms. The molecule has 94 valence electrons. The van der Waals surface area contributed by atoms with Gasteiger partial charge in [0.1, 0.15) is 17.5 Å². The molecule has 0 aliphatic heterocycles. The molecule has 0 atom stereocenters. The van der Waals surface area contributed by atoms with Crippen LogP contribution in [-0.2, 0) is 5.75 Å². The molecule has 0 bridgehead atoms. The van der Waals surface area contributed by atoms with E-state index in [-0.39, 0.29) is 0 Å². The Labute approximate surface area is 107 Å².